The summed E-state index contributed by atoms with van der Waals surface area (Å²) >= 11 is 0. The summed E-state index contributed by atoms with van der Waals surface area (Å²) in [6.45, 7) is 2.39. The number of benzene rings is 1. The summed E-state index contributed by atoms with van der Waals surface area (Å²) in [6, 6.07) is 9.47. The molecule has 0 amide bonds. The van der Waals surface area contributed by atoms with Crippen LogP contribution in [0.1, 0.15) is 17.0 Å². The maximum atomic E-state index is 9.18. The number of aliphatic hydroxyl groups is 1. The second kappa shape index (κ2) is 5.01. The molecule has 90 valence electrons. The van der Waals surface area contributed by atoms with Crippen molar-refractivity contribution in [1.29, 1.82) is 0 Å². The van der Waals surface area contributed by atoms with E-state index < -0.39 is 0 Å². The molecule has 0 aliphatic heterocycles. The molecule has 0 aliphatic rings. The zero-order valence-corrected chi connectivity index (χ0v) is 10.1. The van der Waals surface area contributed by atoms with Gasteiger partial charge >= 0.3 is 0 Å². The van der Waals surface area contributed by atoms with Crippen LogP contribution in [0.4, 0.5) is 0 Å². The molecule has 1 aromatic heterocycles. The molecule has 0 aliphatic carbocycles. The van der Waals surface area contributed by atoms with Crippen LogP contribution in [0.15, 0.2) is 30.3 Å². The molecular weight excluding hydrogens is 216 g/mol. The van der Waals surface area contributed by atoms with Crippen molar-refractivity contribution in [3.8, 4) is 5.75 Å². The number of para-hydroxylation sites is 1. The summed E-state index contributed by atoms with van der Waals surface area (Å²) in [5, 5.41) is 13.4. The molecule has 0 unspecified atom stereocenters. The monoisotopic (exact) mass is 232 g/mol. The number of aromatic nitrogens is 2. The number of aryl methyl sites for hydroxylation is 2. The summed E-state index contributed by atoms with van der Waals surface area (Å²) in [7, 11) is 1.89. The third kappa shape index (κ3) is 2.65. The van der Waals surface area contributed by atoms with E-state index in [1.54, 1.807) is 4.68 Å². The first-order chi connectivity index (χ1) is 8.20. The summed E-state index contributed by atoms with van der Waals surface area (Å²) < 4.78 is 7.49. The third-order valence-corrected chi connectivity index (χ3v) is 2.62. The van der Waals surface area contributed by atoms with Crippen LogP contribution < -0.4 is 4.74 Å². The van der Waals surface area contributed by atoms with Gasteiger partial charge in [0.2, 0.25) is 0 Å². The largest absolute Gasteiger partial charge is 0.487 e. The molecule has 0 radical (unpaired) electrons. The van der Waals surface area contributed by atoms with Gasteiger partial charge in [-0.1, -0.05) is 18.2 Å². The van der Waals surface area contributed by atoms with Crippen LogP contribution in [0.5, 0.6) is 5.75 Å². The van der Waals surface area contributed by atoms with Gasteiger partial charge in [0, 0.05) is 12.6 Å². The molecule has 0 fully saturated rings. The van der Waals surface area contributed by atoms with Crippen molar-refractivity contribution >= 4 is 0 Å². The van der Waals surface area contributed by atoms with Crippen molar-refractivity contribution in [1.82, 2.24) is 9.78 Å². The molecule has 4 heteroatoms. The van der Waals surface area contributed by atoms with E-state index in [1.807, 2.05) is 44.3 Å². The fourth-order valence-corrected chi connectivity index (χ4v) is 1.73. The zero-order chi connectivity index (χ0) is 12.3. The van der Waals surface area contributed by atoms with Gasteiger partial charge in [-0.25, -0.2) is 0 Å². The Morgan fingerprint density at radius 3 is 2.76 bits per heavy atom. The summed E-state index contributed by atoms with van der Waals surface area (Å²) in [6.07, 6.45) is 0. The first-order valence-electron chi connectivity index (χ1n) is 5.52. The van der Waals surface area contributed by atoms with Crippen LogP contribution >= 0.6 is 0 Å². The molecule has 0 bridgehead atoms. The van der Waals surface area contributed by atoms with Crippen molar-refractivity contribution in [2.24, 2.45) is 7.05 Å². The van der Waals surface area contributed by atoms with E-state index in [0.29, 0.717) is 12.4 Å². The first-order valence-corrected chi connectivity index (χ1v) is 5.52. The van der Waals surface area contributed by atoms with Crippen LogP contribution in [0.3, 0.4) is 0 Å². The minimum atomic E-state index is -0.0133. The van der Waals surface area contributed by atoms with Crippen LogP contribution in [-0.2, 0) is 20.3 Å². The highest BCUT2D eigenvalue weighted by molar-refractivity contribution is 5.32. The molecule has 1 heterocycles. The Kier molecular flexibility index (Phi) is 3.44. The molecule has 0 saturated carbocycles. The van der Waals surface area contributed by atoms with Gasteiger partial charge in [0.25, 0.3) is 0 Å². The predicted octanol–water partition coefficient (Wildman–Crippen LogP) is 1.80. The molecule has 17 heavy (non-hydrogen) atoms. The molecular formula is C13H16N2O2. The lowest BCUT2D eigenvalue weighted by Crippen LogP contribution is -2.04. The lowest BCUT2D eigenvalue weighted by Gasteiger charge is -2.09. The van der Waals surface area contributed by atoms with Crippen molar-refractivity contribution in [3.05, 3.63) is 47.3 Å². The van der Waals surface area contributed by atoms with Gasteiger partial charge in [-0.05, 0) is 19.1 Å². The second-order valence-electron chi connectivity index (χ2n) is 3.96. The predicted molar refractivity (Wildman–Crippen MR) is 64.6 cm³/mol. The molecule has 0 saturated heterocycles. The van der Waals surface area contributed by atoms with E-state index in [0.717, 1.165) is 17.0 Å². The smallest absolute Gasteiger partial charge is 0.130 e. The van der Waals surface area contributed by atoms with Gasteiger partial charge in [0.1, 0.15) is 12.4 Å². The first kappa shape index (κ1) is 11.7. The Morgan fingerprint density at radius 1 is 1.35 bits per heavy atom. The Labute approximate surface area is 100 Å². The van der Waals surface area contributed by atoms with Crippen LogP contribution in [0.25, 0.3) is 0 Å². The fraction of sp³-hybridized carbons (Fsp3) is 0.308. The number of hydrogen-bond acceptors (Lipinski definition) is 3. The summed E-state index contributed by atoms with van der Waals surface area (Å²) in [4.78, 5) is 0. The summed E-state index contributed by atoms with van der Waals surface area (Å²) in [5.41, 5.74) is 2.78. The van der Waals surface area contributed by atoms with Crippen molar-refractivity contribution in [2.45, 2.75) is 20.1 Å². The molecule has 0 spiro atoms. The lowest BCUT2D eigenvalue weighted by molar-refractivity contribution is 0.255. The van der Waals surface area contributed by atoms with Gasteiger partial charge in [-0.2, -0.15) is 5.10 Å². The van der Waals surface area contributed by atoms with Gasteiger partial charge in [0.15, 0.2) is 0 Å². The Morgan fingerprint density at radius 2 is 2.12 bits per heavy atom. The van der Waals surface area contributed by atoms with Crippen LogP contribution in [-0.4, -0.2) is 14.9 Å². The van der Waals surface area contributed by atoms with E-state index in [1.165, 1.54) is 0 Å². The number of rotatable bonds is 4. The fourth-order valence-electron chi connectivity index (χ4n) is 1.73. The highest BCUT2D eigenvalue weighted by atomic mass is 16.5. The van der Waals surface area contributed by atoms with Crippen molar-refractivity contribution < 1.29 is 9.84 Å². The normalized spacial score (nSPS) is 10.5. The molecule has 2 aromatic rings. The molecule has 0 atom stereocenters. The number of hydrogen-bond donors (Lipinski definition) is 1. The Hall–Kier alpha value is -1.81. The topological polar surface area (TPSA) is 47.3 Å². The maximum absolute atomic E-state index is 9.18. The number of nitrogens with zero attached hydrogens (tertiary/aromatic N) is 2. The highest BCUT2D eigenvalue weighted by Gasteiger charge is 2.05. The van der Waals surface area contributed by atoms with E-state index in [-0.39, 0.29) is 6.61 Å². The Bertz CT molecular complexity index is 506. The van der Waals surface area contributed by atoms with Gasteiger partial charge in [-0.3, -0.25) is 4.68 Å². The molecule has 4 nitrogen and oxygen atoms in total. The Balaban J connectivity index is 2.09. The maximum Gasteiger partial charge on any atom is 0.130 e. The average molecular weight is 232 g/mol. The van der Waals surface area contributed by atoms with E-state index in [2.05, 4.69) is 5.10 Å². The van der Waals surface area contributed by atoms with E-state index >= 15 is 0 Å². The minimum Gasteiger partial charge on any atom is -0.487 e. The zero-order valence-electron chi connectivity index (χ0n) is 10.1. The number of aliphatic hydroxyl groups excluding tert-OH is 1. The minimum absolute atomic E-state index is 0.0133. The third-order valence-electron chi connectivity index (χ3n) is 2.62. The van der Waals surface area contributed by atoms with E-state index in [4.69, 9.17) is 4.74 Å². The highest BCUT2D eigenvalue weighted by Crippen LogP contribution is 2.19. The van der Waals surface area contributed by atoms with Crippen molar-refractivity contribution in [3.63, 3.8) is 0 Å². The van der Waals surface area contributed by atoms with Crippen LogP contribution in [0, 0.1) is 6.92 Å². The number of ether oxygens (including phenoxy) is 1. The molecule has 2 rings (SSSR count). The average Bonchev–Trinajstić information content (AvgIpc) is 2.65. The van der Waals surface area contributed by atoms with Gasteiger partial charge in [0.05, 0.1) is 18.0 Å². The lowest BCUT2D eigenvalue weighted by atomic mass is 10.2. The SMILES string of the molecule is Cc1cc(COc2ccccc2CO)n(C)n1. The second-order valence-corrected chi connectivity index (χ2v) is 3.96. The van der Waals surface area contributed by atoms with Crippen LogP contribution in [0.2, 0.25) is 0 Å². The summed E-state index contributed by atoms with van der Waals surface area (Å²) in [5.74, 6) is 0.717. The van der Waals surface area contributed by atoms with Gasteiger partial charge < -0.3 is 9.84 Å². The quantitative estimate of drug-likeness (QED) is 0.874. The molecule has 1 aromatic carbocycles. The molecule has 1 N–H and O–H groups in total. The van der Waals surface area contributed by atoms with Crippen molar-refractivity contribution in [2.75, 3.05) is 0 Å². The van der Waals surface area contributed by atoms with E-state index in [9.17, 15) is 5.11 Å². The standard InChI is InChI=1S/C13H16N2O2/c1-10-7-12(15(2)14-10)9-17-13-6-4-3-5-11(13)8-16/h3-7,16H,8-9H2,1-2H3. The van der Waals surface area contributed by atoms with Gasteiger partial charge in [-0.15, -0.1) is 0 Å².